The Balaban J connectivity index is 1.21. The van der Waals surface area contributed by atoms with Crippen LogP contribution in [-0.4, -0.2) is 47.1 Å². The van der Waals surface area contributed by atoms with E-state index in [1.165, 1.54) is 6.08 Å². The van der Waals surface area contributed by atoms with Crippen LogP contribution in [0.1, 0.15) is 27.9 Å². The second-order valence-corrected chi connectivity index (χ2v) is 9.60. The van der Waals surface area contributed by atoms with E-state index in [0.717, 1.165) is 22.3 Å². The van der Waals surface area contributed by atoms with Gasteiger partial charge in [-0.1, -0.05) is 29.8 Å². The first-order valence-corrected chi connectivity index (χ1v) is 12.4. The Hall–Kier alpha value is -3.91. The van der Waals surface area contributed by atoms with Gasteiger partial charge >= 0.3 is 0 Å². The van der Waals surface area contributed by atoms with Crippen LogP contribution < -0.4 is 15.8 Å². The van der Waals surface area contributed by atoms with Gasteiger partial charge in [-0.3, -0.25) is 9.59 Å². The van der Waals surface area contributed by atoms with Crippen LogP contribution in [0.4, 0.5) is 10.2 Å². The molecule has 2 aliphatic rings. The summed E-state index contributed by atoms with van der Waals surface area (Å²) in [5, 5.41) is 3.29. The summed E-state index contributed by atoms with van der Waals surface area (Å²) in [5.41, 5.74) is 9.70. The Bertz CT molecular complexity index is 1340. The molecule has 5 rings (SSSR count). The average molecular weight is 521 g/mol. The number of carbonyl (C=O) groups is 2. The predicted octanol–water partition coefficient (Wildman–Crippen LogP) is 4.34. The molecule has 2 aliphatic heterocycles. The number of ether oxygens (including phenoxy) is 1. The van der Waals surface area contributed by atoms with Gasteiger partial charge in [-0.2, -0.15) is 0 Å². The molecule has 0 bridgehead atoms. The minimum Gasteiger partial charge on any atom is -0.484 e. The summed E-state index contributed by atoms with van der Waals surface area (Å²) in [6, 6.07) is 14.6. The fourth-order valence-electron chi connectivity index (χ4n) is 4.49. The second-order valence-electron chi connectivity index (χ2n) is 9.19. The zero-order valence-electron chi connectivity index (χ0n) is 20.0. The highest BCUT2D eigenvalue weighted by Gasteiger charge is 2.27. The van der Waals surface area contributed by atoms with Crippen LogP contribution in [-0.2, 0) is 17.8 Å². The molecule has 3 aromatic rings. The number of rotatable bonds is 6. The van der Waals surface area contributed by atoms with E-state index >= 15 is 0 Å². The maximum absolute atomic E-state index is 13.5. The lowest BCUT2D eigenvalue weighted by Crippen LogP contribution is -2.28. The number of nitrogens with zero attached hydrogens (tertiary/aromatic N) is 2. The molecule has 0 spiro atoms. The summed E-state index contributed by atoms with van der Waals surface area (Å²) in [4.78, 5) is 30.4. The van der Waals surface area contributed by atoms with E-state index in [-0.39, 0.29) is 24.5 Å². The molecule has 3 N–H and O–H groups in total. The van der Waals surface area contributed by atoms with E-state index in [1.807, 2.05) is 30.3 Å². The molecule has 7 nitrogen and oxygen atoms in total. The minimum atomic E-state index is -0.945. The topological polar surface area (TPSA) is 97.5 Å². The summed E-state index contributed by atoms with van der Waals surface area (Å²) in [7, 11) is 0. The first-order valence-electron chi connectivity index (χ1n) is 12.0. The van der Waals surface area contributed by atoms with Crippen LogP contribution in [0, 0.1) is 0 Å². The van der Waals surface area contributed by atoms with Gasteiger partial charge in [0.05, 0.1) is 11.6 Å². The maximum Gasteiger partial charge on any atom is 0.253 e. The van der Waals surface area contributed by atoms with E-state index < -0.39 is 6.17 Å². The summed E-state index contributed by atoms with van der Waals surface area (Å²) in [5.74, 6) is 0.636. The Kier molecular flexibility index (Phi) is 7.10. The number of benzene rings is 2. The van der Waals surface area contributed by atoms with Gasteiger partial charge in [-0.25, -0.2) is 9.37 Å². The Morgan fingerprint density at radius 2 is 2.00 bits per heavy atom. The van der Waals surface area contributed by atoms with Crippen LogP contribution in [0.3, 0.4) is 0 Å². The van der Waals surface area contributed by atoms with E-state index in [4.69, 9.17) is 22.1 Å². The third-order valence-corrected chi connectivity index (χ3v) is 6.75. The lowest BCUT2D eigenvalue weighted by Gasteiger charge is -2.15. The number of aromatic nitrogens is 1. The van der Waals surface area contributed by atoms with Gasteiger partial charge in [0.1, 0.15) is 23.8 Å². The van der Waals surface area contributed by atoms with Gasteiger partial charge in [0, 0.05) is 42.9 Å². The van der Waals surface area contributed by atoms with Crippen molar-refractivity contribution in [3.63, 3.8) is 0 Å². The van der Waals surface area contributed by atoms with E-state index in [1.54, 1.807) is 35.4 Å². The monoisotopic (exact) mass is 520 g/mol. The Morgan fingerprint density at radius 3 is 2.70 bits per heavy atom. The molecule has 0 aliphatic carbocycles. The Labute approximate surface area is 219 Å². The van der Waals surface area contributed by atoms with Crippen molar-refractivity contribution in [3.05, 3.63) is 88.6 Å². The van der Waals surface area contributed by atoms with Gasteiger partial charge in [0.25, 0.3) is 5.91 Å². The number of nitrogens with one attached hydrogen (secondary N) is 1. The van der Waals surface area contributed by atoms with Crippen molar-refractivity contribution in [2.24, 2.45) is 0 Å². The highest BCUT2D eigenvalue weighted by Crippen LogP contribution is 2.40. The fraction of sp³-hybridized carbons (Fsp3) is 0.250. The molecule has 1 saturated heterocycles. The van der Waals surface area contributed by atoms with E-state index in [0.29, 0.717) is 48.1 Å². The van der Waals surface area contributed by atoms with Crippen molar-refractivity contribution in [2.75, 3.05) is 18.8 Å². The quantitative estimate of drug-likeness (QED) is 0.471. The number of alkyl halides is 1. The highest BCUT2D eigenvalue weighted by molar-refractivity contribution is 6.32. The summed E-state index contributed by atoms with van der Waals surface area (Å²) in [6.07, 6.45) is 4.50. The van der Waals surface area contributed by atoms with Crippen LogP contribution in [0.25, 0.3) is 11.1 Å². The third-order valence-electron chi connectivity index (χ3n) is 6.47. The number of nitrogens with two attached hydrogens (primary N) is 1. The van der Waals surface area contributed by atoms with Crippen molar-refractivity contribution in [1.82, 2.24) is 15.2 Å². The highest BCUT2D eigenvalue weighted by atomic mass is 35.5. The number of carbonyl (C=O) groups excluding carboxylic acids is 2. The summed E-state index contributed by atoms with van der Waals surface area (Å²) in [6.45, 7) is 0.939. The number of halogens is 2. The number of hydrogen-bond donors (Lipinski definition) is 2. The van der Waals surface area contributed by atoms with Gasteiger partial charge in [-0.15, -0.1) is 0 Å². The minimum absolute atomic E-state index is 0.151. The zero-order valence-corrected chi connectivity index (χ0v) is 20.7. The largest absolute Gasteiger partial charge is 0.484 e. The molecule has 1 fully saturated rings. The number of fused-ring (bicyclic) bond motifs is 1. The first-order chi connectivity index (χ1) is 17.9. The number of nitrogen functional groups attached to an aromatic ring is 1. The molecule has 2 amide bonds. The number of amides is 2. The van der Waals surface area contributed by atoms with Crippen molar-refractivity contribution < 1.29 is 18.7 Å². The fourth-order valence-corrected chi connectivity index (χ4v) is 4.77. The van der Waals surface area contributed by atoms with Crippen LogP contribution in [0.5, 0.6) is 5.75 Å². The van der Waals surface area contributed by atoms with Crippen LogP contribution >= 0.6 is 11.6 Å². The molecule has 2 atom stereocenters. The molecule has 2 aromatic carbocycles. The molecule has 0 radical (unpaired) electrons. The smallest absolute Gasteiger partial charge is 0.253 e. The lowest BCUT2D eigenvalue weighted by molar-refractivity contribution is -0.116. The standard InChI is InChI=1S/C28H26ClFN4O3/c29-24-13-20(18-2-4-19(5-3-18)28(36)34-10-9-22(30)16-34)11-21-12-23(37-27(21)24)6-8-26(35)33-15-17-1-7-25(31)32-14-17/h1-8,11,13-14,22-23H,9-10,12,15-16H2,(H2,31,32)(H,33,35)/b8-6+/t22-,23?/m0/s1. The van der Waals surface area contributed by atoms with Crippen molar-refractivity contribution in [3.8, 4) is 16.9 Å². The van der Waals surface area contributed by atoms with Crippen molar-refractivity contribution >= 4 is 29.2 Å². The number of hydrogen-bond acceptors (Lipinski definition) is 5. The van der Waals surface area contributed by atoms with E-state index in [2.05, 4.69) is 10.3 Å². The molecular formula is C28H26ClFN4O3. The molecule has 190 valence electrons. The van der Waals surface area contributed by atoms with Crippen LogP contribution in [0.15, 0.2) is 66.9 Å². The predicted molar refractivity (Wildman–Crippen MR) is 140 cm³/mol. The van der Waals surface area contributed by atoms with Gasteiger partial charge in [-0.05, 0) is 59.5 Å². The lowest BCUT2D eigenvalue weighted by atomic mass is 9.99. The third kappa shape index (κ3) is 5.75. The summed E-state index contributed by atoms with van der Waals surface area (Å²) >= 11 is 6.52. The average Bonchev–Trinajstić information content (AvgIpc) is 3.53. The van der Waals surface area contributed by atoms with Crippen LogP contribution in [0.2, 0.25) is 5.02 Å². The van der Waals surface area contributed by atoms with E-state index in [9.17, 15) is 14.0 Å². The normalized spacial score (nSPS) is 18.6. The van der Waals surface area contributed by atoms with Gasteiger partial charge in [0.2, 0.25) is 5.91 Å². The van der Waals surface area contributed by atoms with Gasteiger partial charge < -0.3 is 20.7 Å². The second kappa shape index (κ2) is 10.6. The zero-order chi connectivity index (χ0) is 25.9. The Morgan fingerprint density at radius 1 is 1.19 bits per heavy atom. The molecule has 3 heterocycles. The number of anilines is 1. The molecule has 9 heteroatoms. The molecular weight excluding hydrogens is 495 g/mol. The number of pyridine rings is 1. The molecule has 37 heavy (non-hydrogen) atoms. The number of likely N-dealkylation sites (tertiary alicyclic amines) is 1. The summed E-state index contributed by atoms with van der Waals surface area (Å²) < 4.78 is 19.4. The molecule has 1 unspecified atom stereocenters. The SMILES string of the molecule is Nc1ccc(CNC(=O)/C=C/C2Cc3cc(-c4ccc(C(=O)N5CC[C@H](F)C5)cc4)cc(Cl)c3O2)cn1. The maximum atomic E-state index is 13.5. The van der Waals surface area contributed by atoms with Crippen molar-refractivity contribution in [2.45, 2.75) is 31.7 Å². The molecule has 1 aromatic heterocycles. The van der Waals surface area contributed by atoms with Gasteiger partial charge in [0.15, 0.2) is 0 Å². The first kappa shape index (κ1) is 24.8. The molecule has 0 saturated carbocycles. The van der Waals surface area contributed by atoms with Crippen molar-refractivity contribution in [1.29, 1.82) is 0 Å².